The third-order valence-electron chi connectivity index (χ3n) is 0.289. The Kier molecular flexibility index (Phi) is 27.7. The van der Waals surface area contributed by atoms with Gasteiger partial charge < -0.3 is 29.7 Å². The Balaban J connectivity index is -0.0000000655. The number of rotatable bonds is 3. The van der Waals surface area contributed by atoms with Crippen molar-refractivity contribution in [3.63, 3.8) is 0 Å². The molecular weight excluding hydrogens is 267 g/mol. The molecule has 0 aliphatic carbocycles. The number of carbonyl (C=O) groups is 6. The molecule has 0 saturated heterocycles. The molecule has 0 unspecified atom stereocenters. The van der Waals surface area contributed by atoms with E-state index in [0.717, 1.165) is 0 Å². The molecule has 9 nitrogen and oxygen atoms in total. The van der Waals surface area contributed by atoms with Crippen molar-refractivity contribution < 1.29 is 62.6 Å². The first kappa shape index (κ1) is 23.7. The topological polar surface area (TPSA) is 172 Å². The van der Waals surface area contributed by atoms with Crippen LogP contribution < -0.4 is 15.3 Å². The Bertz CT molecular complexity index is 216. The Labute approximate surface area is 99.9 Å². The molecule has 0 amide bonds. The molecule has 0 saturated carbocycles. The molecule has 16 heavy (non-hydrogen) atoms. The molecule has 0 bridgehead atoms. The zero-order valence-corrected chi connectivity index (χ0v) is 8.75. The van der Waals surface area contributed by atoms with E-state index in [9.17, 15) is 0 Å². The van der Waals surface area contributed by atoms with Crippen molar-refractivity contribution in [3.8, 4) is 0 Å². The average molecular weight is 270 g/mol. The molecule has 0 heterocycles. The zero-order valence-electron chi connectivity index (χ0n) is 7.35. The minimum atomic E-state index is -1.68. The van der Waals surface area contributed by atoms with Crippen LogP contribution in [0.15, 0.2) is 0 Å². The van der Waals surface area contributed by atoms with Gasteiger partial charge in [-0.15, -0.1) is 0 Å². The summed E-state index contributed by atoms with van der Waals surface area (Å²) in [7, 11) is 0. The molecule has 0 aromatic rings. The van der Waals surface area contributed by atoms with E-state index in [1.165, 1.54) is 0 Å². The van der Waals surface area contributed by atoms with Gasteiger partial charge in [-0.2, -0.15) is 0 Å². The fourth-order valence-corrected chi connectivity index (χ4v) is 0. The van der Waals surface area contributed by atoms with Gasteiger partial charge in [0.25, 0.3) is 0 Å². The number of carboxylic acid groups (broad SMARTS) is 3. The van der Waals surface area contributed by atoms with Crippen LogP contribution in [-0.2, 0) is 47.3 Å². The molecule has 0 rings (SSSR count). The van der Waals surface area contributed by atoms with Crippen molar-refractivity contribution in [1.29, 1.82) is 0 Å². The van der Waals surface area contributed by atoms with Gasteiger partial charge in [0.1, 0.15) is 17.9 Å². The standard InChI is InChI=1S/3C2H2O3.V/c3*3-1-2(4)5;/h3*1H,(H,4,5);/q;;;+3/p-3. The average Bonchev–Trinajstić information content (AvgIpc) is 2.19. The molecule has 0 aromatic heterocycles. The molecule has 0 aliphatic rings. The van der Waals surface area contributed by atoms with E-state index in [1.807, 2.05) is 0 Å². The molecule has 0 radical (unpaired) electrons. The monoisotopic (exact) mass is 270 g/mol. The second kappa shape index (κ2) is 18.7. The van der Waals surface area contributed by atoms with Crippen molar-refractivity contribution in [2.75, 3.05) is 0 Å². The summed E-state index contributed by atoms with van der Waals surface area (Å²) in [4.78, 5) is 53.2. The van der Waals surface area contributed by atoms with E-state index in [1.54, 1.807) is 0 Å². The van der Waals surface area contributed by atoms with Gasteiger partial charge in [0.2, 0.25) is 0 Å². The molecule has 0 N–H and O–H groups in total. The zero-order chi connectivity index (χ0) is 12.9. The van der Waals surface area contributed by atoms with Crippen molar-refractivity contribution >= 4 is 36.8 Å². The SMILES string of the molecule is O=CC(=O)[O-].O=CC(=O)[O-].O=CC(=O)[O-].[V+3]. The summed E-state index contributed by atoms with van der Waals surface area (Å²) in [6.07, 6.45) is -0.833. The van der Waals surface area contributed by atoms with Crippen molar-refractivity contribution in [3.05, 3.63) is 0 Å². The van der Waals surface area contributed by atoms with Gasteiger partial charge in [-0.25, -0.2) is 0 Å². The van der Waals surface area contributed by atoms with Crippen LogP contribution in [0.3, 0.4) is 0 Å². The Morgan fingerprint density at radius 3 is 0.688 bits per heavy atom. The molecule has 10 heteroatoms. The Hall–Kier alpha value is -2.00. The number of aliphatic carboxylic acids is 3. The molecule has 0 aliphatic heterocycles. The maximum atomic E-state index is 8.89. The van der Waals surface area contributed by atoms with Gasteiger partial charge in [0, 0.05) is 0 Å². The summed E-state index contributed by atoms with van der Waals surface area (Å²) in [5.74, 6) is -5.03. The van der Waals surface area contributed by atoms with Crippen LogP contribution in [0, 0.1) is 0 Å². The van der Waals surface area contributed by atoms with Crippen molar-refractivity contribution in [2.24, 2.45) is 0 Å². The summed E-state index contributed by atoms with van der Waals surface area (Å²) in [5.41, 5.74) is 0. The largest absolute Gasteiger partial charge is 3.00 e. The van der Waals surface area contributed by atoms with Crippen LogP contribution in [0.5, 0.6) is 0 Å². The summed E-state index contributed by atoms with van der Waals surface area (Å²) in [5, 5.41) is 26.7. The Morgan fingerprint density at radius 2 is 0.688 bits per heavy atom. The first-order chi connectivity index (χ1) is 6.81. The summed E-state index contributed by atoms with van der Waals surface area (Å²) < 4.78 is 0. The Morgan fingerprint density at radius 1 is 0.625 bits per heavy atom. The van der Waals surface area contributed by atoms with Crippen molar-refractivity contribution in [2.45, 2.75) is 0 Å². The predicted molar refractivity (Wildman–Crippen MR) is 33.2 cm³/mol. The molecule has 0 fully saturated rings. The normalized spacial score (nSPS) is 6.00. The van der Waals surface area contributed by atoms with Gasteiger partial charge in [0.15, 0.2) is 18.9 Å². The van der Waals surface area contributed by atoms with Crippen LogP contribution >= 0.6 is 0 Å². The number of aldehydes is 3. The first-order valence-electron chi connectivity index (χ1n) is 2.80. The minimum absolute atomic E-state index is 0. The summed E-state index contributed by atoms with van der Waals surface area (Å²) >= 11 is 0. The molecule has 0 aromatic carbocycles. The second-order valence-electron chi connectivity index (χ2n) is 1.31. The molecular formula is C6H3O9V. The minimum Gasteiger partial charge on any atom is -0.542 e. The van der Waals surface area contributed by atoms with Crippen LogP contribution in [0.4, 0.5) is 0 Å². The van der Waals surface area contributed by atoms with E-state index in [4.69, 9.17) is 44.1 Å². The number of carbonyl (C=O) groups excluding carboxylic acids is 6. The van der Waals surface area contributed by atoms with Gasteiger partial charge in [-0.1, -0.05) is 0 Å². The fourth-order valence-electron chi connectivity index (χ4n) is 0. The predicted octanol–water partition coefficient (Wildman–Crippen LogP) is -6.20. The quantitative estimate of drug-likeness (QED) is 0.357. The van der Waals surface area contributed by atoms with Gasteiger partial charge in [-0.3, -0.25) is 14.4 Å². The van der Waals surface area contributed by atoms with Gasteiger partial charge in [0.05, 0.1) is 0 Å². The van der Waals surface area contributed by atoms with Crippen molar-refractivity contribution in [1.82, 2.24) is 0 Å². The third-order valence-corrected chi connectivity index (χ3v) is 0.289. The first-order valence-corrected chi connectivity index (χ1v) is 2.80. The number of hydrogen-bond donors (Lipinski definition) is 0. The van der Waals surface area contributed by atoms with E-state index >= 15 is 0 Å². The fraction of sp³-hybridized carbons (Fsp3) is 0. The third kappa shape index (κ3) is 90.7. The van der Waals surface area contributed by atoms with Gasteiger partial charge >= 0.3 is 18.6 Å². The van der Waals surface area contributed by atoms with E-state index in [-0.39, 0.29) is 37.4 Å². The van der Waals surface area contributed by atoms with Crippen LogP contribution in [0.2, 0.25) is 0 Å². The van der Waals surface area contributed by atoms with Gasteiger partial charge in [-0.05, 0) is 0 Å². The van der Waals surface area contributed by atoms with E-state index < -0.39 is 17.9 Å². The summed E-state index contributed by atoms with van der Waals surface area (Å²) in [6, 6.07) is 0. The van der Waals surface area contributed by atoms with E-state index in [0.29, 0.717) is 0 Å². The second-order valence-corrected chi connectivity index (χ2v) is 1.31. The molecule has 0 atom stereocenters. The number of carboxylic acids is 3. The smallest absolute Gasteiger partial charge is 0.542 e. The number of hydrogen-bond acceptors (Lipinski definition) is 9. The van der Waals surface area contributed by atoms with Crippen LogP contribution in [-0.4, -0.2) is 36.8 Å². The van der Waals surface area contributed by atoms with E-state index in [2.05, 4.69) is 0 Å². The maximum absolute atomic E-state index is 8.89. The summed E-state index contributed by atoms with van der Waals surface area (Å²) in [6.45, 7) is 0. The molecule has 86 valence electrons. The van der Waals surface area contributed by atoms with Crippen LogP contribution in [0.25, 0.3) is 0 Å². The van der Waals surface area contributed by atoms with Crippen LogP contribution in [0.1, 0.15) is 0 Å². The molecule has 0 spiro atoms. The maximum Gasteiger partial charge on any atom is 3.00 e.